The van der Waals surface area contributed by atoms with Gasteiger partial charge in [0.15, 0.2) is 11.5 Å². The fourth-order valence-corrected chi connectivity index (χ4v) is 2.47. The molecular formula is C13H18ClN5O. The van der Waals surface area contributed by atoms with Crippen LogP contribution in [-0.2, 0) is 4.74 Å². The molecule has 1 aliphatic rings. The van der Waals surface area contributed by atoms with E-state index in [1.54, 1.807) is 0 Å². The first-order valence-corrected chi connectivity index (χ1v) is 7.32. The number of fused-ring (bicyclic) bond motifs is 1. The van der Waals surface area contributed by atoms with Crippen LogP contribution >= 0.6 is 11.6 Å². The van der Waals surface area contributed by atoms with E-state index in [9.17, 15) is 0 Å². The summed E-state index contributed by atoms with van der Waals surface area (Å²) in [6, 6.07) is 0. The summed E-state index contributed by atoms with van der Waals surface area (Å²) in [5, 5.41) is 0.237. The Labute approximate surface area is 122 Å². The SMILES string of the molecule is CCC(C)c1nc2nc(Cl)nc(N3CCOCC3)c2[nH]1. The average molecular weight is 296 g/mol. The Bertz CT molecular complexity index is 608. The molecule has 0 spiro atoms. The smallest absolute Gasteiger partial charge is 0.226 e. The number of aromatic nitrogens is 4. The molecule has 3 heterocycles. The molecule has 7 heteroatoms. The van der Waals surface area contributed by atoms with E-state index < -0.39 is 0 Å². The second kappa shape index (κ2) is 5.54. The van der Waals surface area contributed by atoms with E-state index in [0.29, 0.717) is 24.8 Å². The van der Waals surface area contributed by atoms with Crippen LogP contribution in [0.2, 0.25) is 5.28 Å². The van der Waals surface area contributed by atoms with Gasteiger partial charge in [-0.25, -0.2) is 4.98 Å². The molecule has 0 saturated carbocycles. The third-order valence-electron chi connectivity index (χ3n) is 3.71. The Morgan fingerprint density at radius 2 is 2.05 bits per heavy atom. The van der Waals surface area contributed by atoms with Crippen molar-refractivity contribution in [1.29, 1.82) is 0 Å². The molecule has 1 fully saturated rings. The van der Waals surface area contributed by atoms with Crippen molar-refractivity contribution in [2.45, 2.75) is 26.2 Å². The first kappa shape index (κ1) is 13.6. The van der Waals surface area contributed by atoms with Crippen molar-refractivity contribution in [2.24, 2.45) is 0 Å². The summed E-state index contributed by atoms with van der Waals surface area (Å²) in [5.41, 5.74) is 1.51. The fraction of sp³-hybridized carbons (Fsp3) is 0.615. The van der Waals surface area contributed by atoms with Crippen LogP contribution in [0.4, 0.5) is 5.82 Å². The van der Waals surface area contributed by atoms with Gasteiger partial charge in [-0.1, -0.05) is 13.8 Å². The van der Waals surface area contributed by atoms with Gasteiger partial charge >= 0.3 is 0 Å². The van der Waals surface area contributed by atoms with Crippen molar-refractivity contribution in [3.05, 3.63) is 11.1 Å². The van der Waals surface area contributed by atoms with E-state index in [-0.39, 0.29) is 5.28 Å². The number of aromatic amines is 1. The first-order valence-electron chi connectivity index (χ1n) is 6.95. The topological polar surface area (TPSA) is 66.9 Å². The summed E-state index contributed by atoms with van der Waals surface area (Å²) in [6.45, 7) is 7.30. The largest absolute Gasteiger partial charge is 0.378 e. The van der Waals surface area contributed by atoms with Crippen molar-refractivity contribution < 1.29 is 4.74 Å². The molecule has 1 N–H and O–H groups in total. The molecule has 1 aliphatic heterocycles. The number of morpholine rings is 1. The maximum Gasteiger partial charge on any atom is 0.226 e. The molecule has 2 aromatic heterocycles. The van der Waals surface area contributed by atoms with E-state index in [0.717, 1.165) is 36.7 Å². The maximum absolute atomic E-state index is 6.03. The Morgan fingerprint density at radius 1 is 1.30 bits per heavy atom. The number of rotatable bonds is 3. The number of hydrogen-bond donors (Lipinski definition) is 1. The summed E-state index contributed by atoms with van der Waals surface area (Å²) >= 11 is 6.03. The fourth-order valence-electron chi connectivity index (χ4n) is 2.31. The quantitative estimate of drug-likeness (QED) is 0.881. The number of nitrogens with one attached hydrogen (secondary N) is 1. The standard InChI is InChI=1S/C13H18ClN5O/c1-3-8(2)10-15-9-11(16-10)17-13(14)18-12(9)19-4-6-20-7-5-19/h8H,3-7H2,1-2H3,(H,15,16,17,18). The molecule has 108 valence electrons. The molecule has 0 amide bonds. The molecule has 0 aromatic carbocycles. The summed E-state index contributed by atoms with van der Waals surface area (Å²) in [7, 11) is 0. The number of ether oxygens (including phenoxy) is 1. The van der Waals surface area contributed by atoms with E-state index in [4.69, 9.17) is 16.3 Å². The van der Waals surface area contributed by atoms with Gasteiger partial charge in [0.2, 0.25) is 5.28 Å². The van der Waals surface area contributed by atoms with Crippen molar-refractivity contribution in [1.82, 2.24) is 19.9 Å². The number of H-pyrrole nitrogens is 1. The lowest BCUT2D eigenvalue weighted by molar-refractivity contribution is 0.122. The molecule has 3 rings (SSSR count). The molecule has 1 atom stereocenters. The third kappa shape index (κ3) is 2.45. The molecule has 6 nitrogen and oxygen atoms in total. The van der Waals surface area contributed by atoms with Crippen molar-refractivity contribution in [3.8, 4) is 0 Å². The van der Waals surface area contributed by atoms with Gasteiger partial charge < -0.3 is 14.6 Å². The highest BCUT2D eigenvalue weighted by Gasteiger charge is 2.20. The van der Waals surface area contributed by atoms with Crippen LogP contribution in [0.15, 0.2) is 0 Å². The lowest BCUT2D eigenvalue weighted by Crippen LogP contribution is -2.37. The highest BCUT2D eigenvalue weighted by atomic mass is 35.5. The molecule has 0 bridgehead atoms. The van der Waals surface area contributed by atoms with E-state index in [1.165, 1.54) is 0 Å². The van der Waals surface area contributed by atoms with Crippen LogP contribution in [0, 0.1) is 0 Å². The van der Waals surface area contributed by atoms with Crippen molar-refractivity contribution in [2.75, 3.05) is 31.2 Å². The normalized spacial score (nSPS) is 17.6. The van der Waals surface area contributed by atoms with Gasteiger partial charge in [-0.3, -0.25) is 0 Å². The van der Waals surface area contributed by atoms with E-state index >= 15 is 0 Å². The minimum absolute atomic E-state index is 0.237. The van der Waals surface area contributed by atoms with Gasteiger partial charge in [0, 0.05) is 19.0 Å². The predicted molar refractivity (Wildman–Crippen MR) is 78.4 cm³/mol. The zero-order valence-electron chi connectivity index (χ0n) is 11.7. The van der Waals surface area contributed by atoms with Gasteiger partial charge in [-0.05, 0) is 18.0 Å². The van der Waals surface area contributed by atoms with Crippen LogP contribution < -0.4 is 4.90 Å². The third-order valence-corrected chi connectivity index (χ3v) is 3.88. The monoisotopic (exact) mass is 295 g/mol. The van der Waals surface area contributed by atoms with Crippen LogP contribution in [0.1, 0.15) is 32.0 Å². The number of halogens is 1. The molecule has 0 aliphatic carbocycles. The van der Waals surface area contributed by atoms with Crippen LogP contribution in [0.3, 0.4) is 0 Å². The highest BCUT2D eigenvalue weighted by molar-refractivity contribution is 6.28. The zero-order valence-corrected chi connectivity index (χ0v) is 12.4. The number of hydrogen-bond acceptors (Lipinski definition) is 5. The van der Waals surface area contributed by atoms with Gasteiger partial charge in [-0.2, -0.15) is 9.97 Å². The highest BCUT2D eigenvalue weighted by Crippen LogP contribution is 2.27. The number of nitrogens with zero attached hydrogens (tertiary/aromatic N) is 4. The summed E-state index contributed by atoms with van der Waals surface area (Å²) in [4.78, 5) is 18.7. The van der Waals surface area contributed by atoms with Crippen molar-refractivity contribution >= 4 is 28.6 Å². The zero-order chi connectivity index (χ0) is 14.1. The Morgan fingerprint density at radius 3 is 2.75 bits per heavy atom. The lowest BCUT2D eigenvalue weighted by atomic mass is 10.1. The predicted octanol–water partition coefficient (Wildman–Crippen LogP) is 2.36. The minimum atomic E-state index is 0.237. The van der Waals surface area contributed by atoms with Gasteiger partial charge in [-0.15, -0.1) is 0 Å². The van der Waals surface area contributed by atoms with E-state index in [2.05, 4.69) is 38.7 Å². The Balaban J connectivity index is 2.07. The summed E-state index contributed by atoms with van der Waals surface area (Å²) in [5.74, 6) is 2.12. The van der Waals surface area contributed by atoms with Crippen LogP contribution in [0.5, 0.6) is 0 Å². The second-order valence-electron chi connectivity index (χ2n) is 5.05. The van der Waals surface area contributed by atoms with Gasteiger partial charge in [0.05, 0.1) is 13.2 Å². The van der Waals surface area contributed by atoms with Crippen LogP contribution in [-0.4, -0.2) is 46.2 Å². The van der Waals surface area contributed by atoms with Crippen molar-refractivity contribution in [3.63, 3.8) is 0 Å². The lowest BCUT2D eigenvalue weighted by Gasteiger charge is -2.27. The molecule has 0 radical (unpaired) electrons. The van der Waals surface area contributed by atoms with Crippen LogP contribution in [0.25, 0.3) is 11.2 Å². The summed E-state index contributed by atoms with van der Waals surface area (Å²) < 4.78 is 5.38. The second-order valence-corrected chi connectivity index (χ2v) is 5.38. The molecule has 2 aromatic rings. The number of imidazole rings is 1. The molecule has 1 unspecified atom stereocenters. The van der Waals surface area contributed by atoms with Gasteiger partial charge in [0.25, 0.3) is 0 Å². The van der Waals surface area contributed by atoms with E-state index in [1.807, 2.05) is 0 Å². The summed E-state index contributed by atoms with van der Waals surface area (Å²) in [6.07, 6.45) is 1.02. The Hall–Kier alpha value is -1.40. The molecule has 1 saturated heterocycles. The molecular weight excluding hydrogens is 278 g/mol. The molecule has 20 heavy (non-hydrogen) atoms. The Kier molecular flexibility index (Phi) is 3.76. The van der Waals surface area contributed by atoms with Gasteiger partial charge in [0.1, 0.15) is 11.3 Å². The first-order chi connectivity index (χ1) is 9.69. The maximum atomic E-state index is 6.03. The number of anilines is 1. The minimum Gasteiger partial charge on any atom is -0.378 e. The average Bonchev–Trinajstić information content (AvgIpc) is 2.90.